The highest BCUT2D eigenvalue weighted by molar-refractivity contribution is 6.45. The van der Waals surface area contributed by atoms with Gasteiger partial charge in [-0.3, -0.25) is 14.9 Å². The molecule has 2 aromatic heterocycles. The number of hydrogen-bond acceptors (Lipinski definition) is 4. The molecule has 2 heterocycles. The molecule has 3 rings (SSSR count). The van der Waals surface area contributed by atoms with Gasteiger partial charge in [0.25, 0.3) is 0 Å². The van der Waals surface area contributed by atoms with Crippen molar-refractivity contribution in [2.75, 3.05) is 13.1 Å². The number of H-pyrrole nitrogens is 1. The first-order valence-corrected chi connectivity index (χ1v) is 8.51. The largest absolute Gasteiger partial charge is 0.480 e. The van der Waals surface area contributed by atoms with Crippen molar-refractivity contribution in [1.29, 1.82) is 0 Å². The molecule has 0 saturated heterocycles. The number of aromatic amines is 1. The molecule has 1 aromatic carbocycles. The SMILES string of the molecule is O=C(O)CNCCCc1cc(-c2cn[nH]c2)c2ccc(Cl)c(Cl)c2n1. The molecule has 0 bridgehead atoms. The quantitative estimate of drug-likeness (QED) is 0.547. The van der Waals surface area contributed by atoms with E-state index in [1.54, 1.807) is 12.3 Å². The van der Waals surface area contributed by atoms with Crippen LogP contribution in [-0.4, -0.2) is 39.3 Å². The summed E-state index contributed by atoms with van der Waals surface area (Å²) >= 11 is 12.5. The maximum absolute atomic E-state index is 10.5. The zero-order valence-electron chi connectivity index (χ0n) is 13.2. The number of rotatable bonds is 7. The monoisotopic (exact) mass is 378 g/mol. The molecule has 130 valence electrons. The number of hydrogen-bond donors (Lipinski definition) is 3. The Morgan fingerprint density at radius 3 is 2.88 bits per heavy atom. The Morgan fingerprint density at radius 1 is 1.32 bits per heavy atom. The summed E-state index contributed by atoms with van der Waals surface area (Å²) in [6.45, 7) is 0.545. The Balaban J connectivity index is 1.91. The topological polar surface area (TPSA) is 90.9 Å². The zero-order valence-corrected chi connectivity index (χ0v) is 14.7. The number of aromatic nitrogens is 3. The second kappa shape index (κ2) is 7.82. The minimum Gasteiger partial charge on any atom is -0.480 e. The minimum atomic E-state index is -0.868. The number of nitrogens with one attached hydrogen (secondary N) is 2. The fourth-order valence-corrected chi connectivity index (χ4v) is 3.00. The summed E-state index contributed by atoms with van der Waals surface area (Å²) in [6, 6.07) is 5.67. The lowest BCUT2D eigenvalue weighted by atomic mass is 10.0. The second-order valence-electron chi connectivity index (χ2n) is 5.58. The summed E-state index contributed by atoms with van der Waals surface area (Å²) in [5.74, 6) is -0.868. The first-order valence-electron chi connectivity index (χ1n) is 7.75. The maximum atomic E-state index is 10.5. The van der Waals surface area contributed by atoms with E-state index in [4.69, 9.17) is 28.3 Å². The molecule has 0 saturated carbocycles. The van der Waals surface area contributed by atoms with E-state index in [0.29, 0.717) is 28.5 Å². The lowest BCUT2D eigenvalue weighted by Gasteiger charge is -2.11. The van der Waals surface area contributed by atoms with Crippen molar-refractivity contribution in [3.8, 4) is 11.1 Å². The lowest BCUT2D eigenvalue weighted by molar-refractivity contribution is -0.135. The van der Waals surface area contributed by atoms with Crippen LogP contribution < -0.4 is 5.32 Å². The third-order valence-electron chi connectivity index (χ3n) is 3.80. The summed E-state index contributed by atoms with van der Waals surface area (Å²) in [5.41, 5.74) is 3.44. The summed E-state index contributed by atoms with van der Waals surface area (Å²) in [5, 5.41) is 20.1. The van der Waals surface area contributed by atoms with Crippen LogP contribution in [0, 0.1) is 0 Å². The van der Waals surface area contributed by atoms with Crippen LogP contribution in [0.2, 0.25) is 10.0 Å². The van der Waals surface area contributed by atoms with Gasteiger partial charge in [-0.2, -0.15) is 5.10 Å². The van der Waals surface area contributed by atoms with E-state index in [2.05, 4.69) is 20.5 Å². The van der Waals surface area contributed by atoms with Gasteiger partial charge in [-0.05, 0) is 37.1 Å². The van der Waals surface area contributed by atoms with E-state index in [1.165, 1.54) is 0 Å². The van der Waals surface area contributed by atoms with Crippen molar-refractivity contribution in [3.05, 3.63) is 46.3 Å². The van der Waals surface area contributed by atoms with Crippen LogP contribution in [0.15, 0.2) is 30.6 Å². The van der Waals surface area contributed by atoms with E-state index >= 15 is 0 Å². The minimum absolute atomic E-state index is 0.0488. The van der Waals surface area contributed by atoms with Gasteiger partial charge in [-0.25, -0.2) is 0 Å². The van der Waals surface area contributed by atoms with Crippen LogP contribution in [0.5, 0.6) is 0 Å². The number of benzene rings is 1. The average molecular weight is 379 g/mol. The van der Waals surface area contributed by atoms with Crippen molar-refractivity contribution in [2.45, 2.75) is 12.8 Å². The van der Waals surface area contributed by atoms with E-state index in [9.17, 15) is 4.79 Å². The fraction of sp³-hybridized carbons (Fsp3) is 0.235. The maximum Gasteiger partial charge on any atom is 0.317 e. The Hall–Kier alpha value is -2.15. The van der Waals surface area contributed by atoms with Gasteiger partial charge in [0.05, 0.1) is 28.3 Å². The molecular formula is C17H16Cl2N4O2. The van der Waals surface area contributed by atoms with E-state index in [1.807, 2.05) is 18.3 Å². The highest BCUT2D eigenvalue weighted by atomic mass is 35.5. The molecule has 0 amide bonds. The molecule has 8 heteroatoms. The average Bonchev–Trinajstić information content (AvgIpc) is 3.11. The van der Waals surface area contributed by atoms with Crippen LogP contribution in [0.1, 0.15) is 12.1 Å². The molecule has 0 aliphatic rings. The zero-order chi connectivity index (χ0) is 17.8. The molecule has 3 N–H and O–H groups in total. The Labute approximate surface area is 154 Å². The molecule has 0 spiro atoms. The number of fused-ring (bicyclic) bond motifs is 1. The van der Waals surface area contributed by atoms with Crippen LogP contribution >= 0.6 is 23.2 Å². The molecule has 0 fully saturated rings. The number of carboxylic acid groups (broad SMARTS) is 1. The van der Waals surface area contributed by atoms with Gasteiger partial charge in [0.2, 0.25) is 0 Å². The Morgan fingerprint density at radius 2 is 2.16 bits per heavy atom. The van der Waals surface area contributed by atoms with Crippen molar-refractivity contribution in [2.24, 2.45) is 0 Å². The van der Waals surface area contributed by atoms with Gasteiger partial charge < -0.3 is 10.4 Å². The summed E-state index contributed by atoms with van der Waals surface area (Å²) < 4.78 is 0. The first kappa shape index (κ1) is 17.7. The smallest absolute Gasteiger partial charge is 0.317 e. The molecule has 25 heavy (non-hydrogen) atoms. The van der Waals surface area contributed by atoms with Gasteiger partial charge in [-0.1, -0.05) is 29.3 Å². The van der Waals surface area contributed by atoms with Crippen molar-refractivity contribution in [3.63, 3.8) is 0 Å². The highest BCUT2D eigenvalue weighted by Crippen LogP contribution is 2.35. The summed E-state index contributed by atoms with van der Waals surface area (Å²) in [7, 11) is 0. The van der Waals surface area contributed by atoms with Gasteiger partial charge >= 0.3 is 5.97 Å². The molecule has 0 aliphatic carbocycles. The van der Waals surface area contributed by atoms with Crippen LogP contribution in [0.3, 0.4) is 0 Å². The van der Waals surface area contributed by atoms with Gasteiger partial charge in [0, 0.05) is 22.8 Å². The number of nitrogens with zero attached hydrogens (tertiary/aromatic N) is 2. The predicted molar refractivity (Wildman–Crippen MR) is 98.2 cm³/mol. The Bertz CT molecular complexity index is 897. The number of aryl methyl sites for hydroxylation is 1. The number of halogens is 2. The normalized spacial score (nSPS) is 11.1. The van der Waals surface area contributed by atoms with Crippen LogP contribution in [0.25, 0.3) is 22.0 Å². The van der Waals surface area contributed by atoms with Crippen molar-refractivity contribution >= 4 is 40.1 Å². The van der Waals surface area contributed by atoms with Gasteiger partial charge in [0.1, 0.15) is 0 Å². The number of aliphatic carboxylic acids is 1. The van der Waals surface area contributed by atoms with E-state index in [-0.39, 0.29) is 6.54 Å². The molecule has 6 nitrogen and oxygen atoms in total. The molecular weight excluding hydrogens is 363 g/mol. The second-order valence-corrected chi connectivity index (χ2v) is 6.36. The van der Waals surface area contributed by atoms with Gasteiger partial charge in [-0.15, -0.1) is 0 Å². The van der Waals surface area contributed by atoms with Crippen LogP contribution in [-0.2, 0) is 11.2 Å². The van der Waals surface area contributed by atoms with Crippen molar-refractivity contribution in [1.82, 2.24) is 20.5 Å². The first-order chi connectivity index (χ1) is 12.1. The number of pyridine rings is 1. The molecule has 0 unspecified atom stereocenters. The summed E-state index contributed by atoms with van der Waals surface area (Å²) in [6.07, 6.45) is 5.01. The lowest BCUT2D eigenvalue weighted by Crippen LogP contribution is -2.23. The summed E-state index contributed by atoms with van der Waals surface area (Å²) in [4.78, 5) is 15.2. The van der Waals surface area contributed by atoms with Crippen molar-refractivity contribution < 1.29 is 9.90 Å². The molecule has 0 aliphatic heterocycles. The highest BCUT2D eigenvalue weighted by Gasteiger charge is 2.13. The third-order valence-corrected chi connectivity index (χ3v) is 4.59. The molecule has 3 aromatic rings. The van der Waals surface area contributed by atoms with Gasteiger partial charge in [0.15, 0.2) is 0 Å². The predicted octanol–water partition coefficient (Wildman–Crippen LogP) is 3.54. The molecule has 0 atom stereocenters. The van der Waals surface area contributed by atoms with E-state index in [0.717, 1.165) is 28.6 Å². The standard InChI is InChI=1S/C17H16Cl2N4O2/c18-14-4-3-12-13(10-7-21-22-8-10)6-11(23-17(12)16(14)19)2-1-5-20-9-15(24)25/h3-4,6-8,20H,1-2,5,9H2,(H,21,22)(H,24,25). The third kappa shape index (κ3) is 4.10. The Kier molecular flexibility index (Phi) is 5.53. The number of carboxylic acids is 1. The number of carbonyl (C=O) groups is 1. The molecule has 0 radical (unpaired) electrons. The van der Waals surface area contributed by atoms with E-state index < -0.39 is 5.97 Å². The fourth-order valence-electron chi connectivity index (χ4n) is 2.64. The van der Waals surface area contributed by atoms with Crippen LogP contribution in [0.4, 0.5) is 0 Å².